The highest BCUT2D eigenvalue weighted by Crippen LogP contribution is 2.10. The van der Waals surface area contributed by atoms with Crippen molar-refractivity contribution in [3.63, 3.8) is 0 Å². The molecule has 1 atom stereocenters. The maximum Gasteiger partial charge on any atom is 0.142 e. The third kappa shape index (κ3) is 15.3. The summed E-state index contributed by atoms with van der Waals surface area (Å²) in [4.78, 5) is 11.2. The summed E-state index contributed by atoms with van der Waals surface area (Å²) in [5.74, 6) is 0. The van der Waals surface area contributed by atoms with E-state index in [1.807, 2.05) is 14.1 Å². The molecule has 0 amide bonds. The molecule has 0 heterocycles. The van der Waals surface area contributed by atoms with Gasteiger partial charge in [-0.15, -0.1) is 0 Å². The zero-order chi connectivity index (χ0) is 14.2. The minimum absolute atomic E-state index is 0.294. The summed E-state index contributed by atoms with van der Waals surface area (Å²) in [6.45, 7) is 5.65. The van der Waals surface area contributed by atoms with E-state index in [0.717, 1.165) is 6.42 Å². The van der Waals surface area contributed by atoms with Gasteiger partial charge in [0.1, 0.15) is 6.29 Å². The number of likely N-dealkylation sites (N-methyl/N-ethyl adjacent to an activating group) is 1. The number of aldehydes is 1. The number of hydrogen-bond donors (Lipinski definition) is 1. The number of aliphatic hydroxyl groups excluding tert-OH is 1. The highest BCUT2D eigenvalue weighted by molar-refractivity contribution is 5.63. The van der Waals surface area contributed by atoms with Crippen LogP contribution < -0.4 is 0 Å². The van der Waals surface area contributed by atoms with Crippen LogP contribution in [0.15, 0.2) is 12.7 Å². The predicted octanol–water partition coefficient (Wildman–Crippen LogP) is 3.03. The second-order valence-electron chi connectivity index (χ2n) is 4.73. The first-order valence-electron chi connectivity index (χ1n) is 6.97. The molecule has 0 aliphatic rings. The van der Waals surface area contributed by atoms with Gasteiger partial charge < -0.3 is 10.0 Å². The van der Waals surface area contributed by atoms with Crippen LogP contribution in [0.5, 0.6) is 0 Å². The van der Waals surface area contributed by atoms with Crippen LogP contribution in [0.3, 0.4) is 0 Å². The molecule has 0 saturated heterocycles. The monoisotopic (exact) mass is 257 g/mol. The Kier molecular flexibility index (Phi) is 17.8. The van der Waals surface area contributed by atoms with E-state index in [1.54, 1.807) is 0 Å². The zero-order valence-corrected chi connectivity index (χ0v) is 12.4. The van der Waals surface area contributed by atoms with Crippen LogP contribution >= 0.6 is 0 Å². The lowest BCUT2D eigenvalue weighted by atomic mass is 10.1. The van der Waals surface area contributed by atoms with Gasteiger partial charge in [-0.2, -0.15) is 0 Å². The molecule has 0 aliphatic carbocycles. The molecule has 0 aromatic rings. The number of nitrogens with zero attached hydrogens (tertiary/aromatic N) is 1. The first-order chi connectivity index (χ1) is 8.63. The van der Waals surface area contributed by atoms with Gasteiger partial charge in [-0.3, -0.25) is 4.79 Å². The number of aliphatic hydroxyl groups is 1. The van der Waals surface area contributed by atoms with Gasteiger partial charge in [0.25, 0.3) is 0 Å². The second-order valence-corrected chi connectivity index (χ2v) is 4.73. The molecule has 3 heteroatoms. The lowest BCUT2D eigenvalue weighted by Gasteiger charge is -2.21. The summed E-state index contributed by atoms with van der Waals surface area (Å²) in [5, 5.41) is 9.10. The Bertz CT molecular complexity index is 175. The molecule has 0 aromatic carbocycles. The molecule has 3 nitrogen and oxygen atoms in total. The summed E-state index contributed by atoms with van der Waals surface area (Å²) in [6, 6.07) is 0.362. The van der Waals surface area contributed by atoms with E-state index in [0.29, 0.717) is 18.9 Å². The minimum atomic E-state index is 0.294. The van der Waals surface area contributed by atoms with Crippen molar-refractivity contribution in [1.82, 2.24) is 4.90 Å². The van der Waals surface area contributed by atoms with Crippen molar-refractivity contribution in [1.29, 1.82) is 0 Å². The molecular weight excluding hydrogens is 226 g/mol. The van der Waals surface area contributed by atoms with E-state index in [1.165, 1.54) is 44.6 Å². The Hall–Kier alpha value is -0.670. The van der Waals surface area contributed by atoms with Crippen molar-refractivity contribution in [3.05, 3.63) is 12.7 Å². The van der Waals surface area contributed by atoms with Crippen LogP contribution in [0.1, 0.15) is 51.9 Å². The summed E-state index contributed by atoms with van der Waals surface area (Å²) >= 11 is 0. The van der Waals surface area contributed by atoms with Crippen molar-refractivity contribution in [2.75, 3.05) is 20.7 Å². The van der Waals surface area contributed by atoms with Gasteiger partial charge in [0, 0.05) is 6.04 Å². The Labute approximate surface area is 113 Å². The fourth-order valence-corrected chi connectivity index (χ4v) is 1.67. The van der Waals surface area contributed by atoms with Gasteiger partial charge in [0.2, 0.25) is 0 Å². The van der Waals surface area contributed by atoms with Crippen LogP contribution in [0.25, 0.3) is 0 Å². The quantitative estimate of drug-likeness (QED) is 0.371. The Morgan fingerprint density at radius 3 is 2.06 bits per heavy atom. The van der Waals surface area contributed by atoms with Crippen LogP contribution in [-0.2, 0) is 4.79 Å². The molecule has 108 valence electrons. The highest BCUT2D eigenvalue weighted by Gasteiger charge is 2.08. The summed E-state index contributed by atoms with van der Waals surface area (Å²) < 4.78 is 0. The zero-order valence-electron chi connectivity index (χ0n) is 12.4. The Balaban J connectivity index is 0. The molecule has 0 aromatic heterocycles. The van der Waals surface area contributed by atoms with Gasteiger partial charge >= 0.3 is 0 Å². The maximum atomic E-state index is 9.10. The van der Waals surface area contributed by atoms with Crippen molar-refractivity contribution in [2.24, 2.45) is 0 Å². The average Bonchev–Trinajstić information content (AvgIpc) is 2.38. The molecule has 0 rings (SSSR count). The lowest BCUT2D eigenvalue weighted by molar-refractivity contribution is -0.104. The largest absolute Gasteiger partial charge is 0.395 e. The van der Waals surface area contributed by atoms with Crippen molar-refractivity contribution in [2.45, 2.75) is 57.9 Å². The average molecular weight is 257 g/mol. The summed E-state index contributed by atoms with van der Waals surface area (Å²) in [5.41, 5.74) is 0. The smallest absolute Gasteiger partial charge is 0.142 e. The number of hydrogen-bond acceptors (Lipinski definition) is 3. The number of rotatable bonds is 10. The topological polar surface area (TPSA) is 40.5 Å². The van der Waals surface area contributed by atoms with Crippen LogP contribution in [-0.4, -0.2) is 43.0 Å². The fraction of sp³-hybridized carbons (Fsp3) is 0.800. The minimum Gasteiger partial charge on any atom is -0.395 e. The predicted molar refractivity (Wildman–Crippen MR) is 78.8 cm³/mol. The standard InChI is InChI=1S/C12H27NO.C3H4O/c1-4-5-6-7-8-9-10-12(11-14)13(2)3;1-2-3-4/h12,14H,4-11H2,1-3H3;2-3H,1H2. The molecule has 0 spiro atoms. The lowest BCUT2D eigenvalue weighted by Crippen LogP contribution is -2.31. The first-order valence-corrected chi connectivity index (χ1v) is 6.97. The highest BCUT2D eigenvalue weighted by atomic mass is 16.3. The molecule has 0 radical (unpaired) electrons. The molecule has 0 fully saturated rings. The van der Waals surface area contributed by atoms with Crippen LogP contribution in [0.2, 0.25) is 0 Å². The Morgan fingerprint density at radius 1 is 1.17 bits per heavy atom. The van der Waals surface area contributed by atoms with Crippen molar-refractivity contribution < 1.29 is 9.90 Å². The molecule has 18 heavy (non-hydrogen) atoms. The van der Waals surface area contributed by atoms with Gasteiger partial charge in [-0.05, 0) is 26.6 Å². The van der Waals surface area contributed by atoms with Crippen molar-refractivity contribution in [3.8, 4) is 0 Å². The number of allylic oxidation sites excluding steroid dienone is 1. The first kappa shape index (κ1) is 19.7. The Morgan fingerprint density at radius 2 is 1.67 bits per heavy atom. The van der Waals surface area contributed by atoms with Gasteiger partial charge in [-0.1, -0.05) is 52.0 Å². The number of unbranched alkanes of at least 4 members (excludes halogenated alkanes) is 5. The van der Waals surface area contributed by atoms with E-state index in [9.17, 15) is 0 Å². The summed E-state index contributed by atoms with van der Waals surface area (Å²) in [6.07, 6.45) is 11.0. The molecule has 1 N–H and O–H groups in total. The molecule has 0 saturated carbocycles. The molecular formula is C15H31NO2. The van der Waals surface area contributed by atoms with Crippen LogP contribution in [0.4, 0.5) is 0 Å². The van der Waals surface area contributed by atoms with Crippen LogP contribution in [0, 0.1) is 0 Å². The number of carbonyl (C=O) groups is 1. The summed E-state index contributed by atoms with van der Waals surface area (Å²) in [7, 11) is 4.08. The maximum absolute atomic E-state index is 9.10. The van der Waals surface area contributed by atoms with E-state index in [4.69, 9.17) is 9.90 Å². The fourth-order valence-electron chi connectivity index (χ4n) is 1.67. The van der Waals surface area contributed by atoms with E-state index in [-0.39, 0.29) is 0 Å². The molecule has 0 aliphatic heterocycles. The second kappa shape index (κ2) is 16.3. The van der Waals surface area contributed by atoms with Crippen molar-refractivity contribution >= 4 is 6.29 Å². The van der Waals surface area contributed by atoms with E-state index in [2.05, 4.69) is 18.4 Å². The third-order valence-corrected chi connectivity index (χ3v) is 2.93. The molecule has 1 unspecified atom stereocenters. The normalized spacial score (nSPS) is 11.6. The SMILES string of the molecule is C=CC=O.CCCCCCCCC(CO)N(C)C. The molecule has 0 bridgehead atoms. The number of carbonyl (C=O) groups excluding carboxylic acids is 1. The van der Waals surface area contributed by atoms with Gasteiger partial charge in [0.15, 0.2) is 0 Å². The third-order valence-electron chi connectivity index (χ3n) is 2.93. The van der Waals surface area contributed by atoms with Gasteiger partial charge in [-0.25, -0.2) is 0 Å². The van der Waals surface area contributed by atoms with E-state index >= 15 is 0 Å². The van der Waals surface area contributed by atoms with E-state index < -0.39 is 0 Å². The van der Waals surface area contributed by atoms with Gasteiger partial charge in [0.05, 0.1) is 6.61 Å².